The van der Waals surface area contributed by atoms with Gasteiger partial charge in [-0.3, -0.25) is 4.18 Å². The fourth-order valence-electron chi connectivity index (χ4n) is 0.801. The number of benzene rings is 1. The Labute approximate surface area is 95.4 Å². The summed E-state index contributed by atoms with van der Waals surface area (Å²) in [5.74, 6) is 0. The van der Waals surface area contributed by atoms with E-state index in [9.17, 15) is 8.42 Å². The molecule has 0 aliphatic rings. The second-order valence-electron chi connectivity index (χ2n) is 2.88. The lowest BCUT2D eigenvalue weighted by Crippen LogP contribution is -2.02. The average molecular weight is 248 g/mol. The fourth-order valence-corrected chi connectivity index (χ4v) is 1.46. The molecule has 1 rings (SSSR count). The highest BCUT2D eigenvalue weighted by molar-refractivity contribution is 7.86. The highest BCUT2D eigenvalue weighted by atomic mass is 32.2. The normalized spacial score (nSPS) is 10.5. The molecule has 0 atom stereocenters. The van der Waals surface area contributed by atoms with Crippen molar-refractivity contribution in [1.29, 1.82) is 0 Å². The van der Waals surface area contributed by atoms with Crippen molar-refractivity contribution < 1.29 is 22.8 Å². The lowest BCUT2D eigenvalue weighted by molar-refractivity contribution is 0.186. The van der Waals surface area contributed by atoms with Crippen LogP contribution < -0.4 is 0 Å². The Balaban J connectivity index is 0.000000487. The minimum atomic E-state index is -3.51. The van der Waals surface area contributed by atoms with E-state index in [2.05, 4.69) is 4.18 Å². The van der Waals surface area contributed by atoms with Crippen molar-refractivity contribution >= 4 is 10.1 Å². The van der Waals surface area contributed by atoms with Crippen molar-refractivity contribution in [2.24, 2.45) is 0 Å². The number of aliphatic hydroxyl groups is 2. The Kier molecular flexibility index (Phi) is 6.91. The molecule has 16 heavy (non-hydrogen) atoms. The Morgan fingerprint density at radius 2 is 1.56 bits per heavy atom. The van der Waals surface area contributed by atoms with E-state index >= 15 is 0 Å². The van der Waals surface area contributed by atoms with Crippen LogP contribution in [0.15, 0.2) is 29.2 Å². The van der Waals surface area contributed by atoms with Crippen LogP contribution in [0.5, 0.6) is 0 Å². The van der Waals surface area contributed by atoms with Gasteiger partial charge in [0.15, 0.2) is 0 Å². The van der Waals surface area contributed by atoms with E-state index in [0.29, 0.717) is 0 Å². The van der Waals surface area contributed by atoms with Crippen LogP contribution in [0, 0.1) is 6.92 Å². The molecule has 0 bridgehead atoms. The summed E-state index contributed by atoms with van der Waals surface area (Å²) in [6.45, 7) is 1.64. The van der Waals surface area contributed by atoms with Crippen molar-refractivity contribution in [2.45, 2.75) is 11.8 Å². The Morgan fingerprint density at radius 1 is 1.12 bits per heavy atom. The Morgan fingerprint density at radius 3 is 1.88 bits per heavy atom. The maximum atomic E-state index is 11.1. The maximum Gasteiger partial charge on any atom is 0.296 e. The van der Waals surface area contributed by atoms with Gasteiger partial charge in [-0.1, -0.05) is 17.7 Å². The van der Waals surface area contributed by atoms with Crippen LogP contribution >= 0.6 is 0 Å². The van der Waals surface area contributed by atoms with E-state index in [-0.39, 0.29) is 18.1 Å². The van der Waals surface area contributed by atoms with E-state index in [0.717, 1.165) is 12.7 Å². The van der Waals surface area contributed by atoms with E-state index in [1.54, 1.807) is 12.1 Å². The van der Waals surface area contributed by atoms with Crippen LogP contribution in [0.25, 0.3) is 0 Å². The molecule has 6 heteroatoms. The first-order chi connectivity index (χ1) is 7.47. The molecule has 0 saturated heterocycles. The van der Waals surface area contributed by atoms with E-state index in [4.69, 9.17) is 10.2 Å². The van der Waals surface area contributed by atoms with Crippen LogP contribution in [0.2, 0.25) is 0 Å². The summed E-state index contributed by atoms with van der Waals surface area (Å²) in [5, 5.41) is 15.2. The van der Waals surface area contributed by atoms with Crippen molar-refractivity contribution in [1.82, 2.24) is 0 Å². The van der Waals surface area contributed by atoms with Gasteiger partial charge in [0.2, 0.25) is 0 Å². The quantitative estimate of drug-likeness (QED) is 0.752. The molecule has 2 N–H and O–H groups in total. The Hall–Kier alpha value is -0.950. The first-order valence-corrected chi connectivity index (χ1v) is 5.97. The fraction of sp³-hybridized carbons (Fsp3) is 0.400. The molecule has 5 nitrogen and oxygen atoms in total. The van der Waals surface area contributed by atoms with Gasteiger partial charge in [-0.2, -0.15) is 8.42 Å². The largest absolute Gasteiger partial charge is 0.394 e. The maximum absolute atomic E-state index is 11.1. The van der Waals surface area contributed by atoms with Crippen molar-refractivity contribution in [3.63, 3.8) is 0 Å². The first-order valence-electron chi connectivity index (χ1n) is 4.57. The smallest absolute Gasteiger partial charge is 0.296 e. The second kappa shape index (κ2) is 7.34. The summed E-state index contributed by atoms with van der Waals surface area (Å²) in [6.07, 6.45) is 0. The summed E-state index contributed by atoms with van der Waals surface area (Å²) in [5.41, 5.74) is 1.02. The zero-order chi connectivity index (χ0) is 12.6. The molecule has 0 amide bonds. The van der Waals surface area contributed by atoms with Crippen LogP contribution in [-0.2, 0) is 14.3 Å². The van der Waals surface area contributed by atoms with E-state index in [1.165, 1.54) is 12.1 Å². The third kappa shape index (κ3) is 5.22. The third-order valence-electron chi connectivity index (χ3n) is 1.63. The number of hydrogen-bond donors (Lipinski definition) is 2. The average Bonchev–Trinajstić information content (AvgIpc) is 2.30. The van der Waals surface area contributed by atoms with Gasteiger partial charge in [-0.05, 0) is 19.1 Å². The molecule has 0 heterocycles. The highest BCUT2D eigenvalue weighted by Crippen LogP contribution is 2.11. The summed E-state index contributed by atoms with van der Waals surface area (Å²) in [7, 11) is -2.37. The molecule has 0 aliphatic heterocycles. The molecule has 0 fully saturated rings. The molecular formula is C10H16O5S. The molecule has 0 saturated carbocycles. The molecule has 0 aliphatic carbocycles. The van der Waals surface area contributed by atoms with Gasteiger partial charge in [0.25, 0.3) is 10.1 Å². The lowest BCUT2D eigenvalue weighted by atomic mass is 10.2. The summed E-state index contributed by atoms with van der Waals surface area (Å²) in [4.78, 5) is 0.190. The predicted octanol–water partition coefficient (Wildman–Crippen LogP) is 0.301. The van der Waals surface area contributed by atoms with Gasteiger partial charge in [-0.25, -0.2) is 0 Å². The van der Waals surface area contributed by atoms with Crippen molar-refractivity contribution in [3.8, 4) is 0 Å². The van der Waals surface area contributed by atoms with Gasteiger partial charge in [0.1, 0.15) is 0 Å². The van der Waals surface area contributed by atoms with E-state index in [1.807, 2.05) is 6.92 Å². The standard InChI is InChI=1S/C8H10O3S.C2H6O2/c1-7-3-5-8(6-4-7)12(9,10)11-2;3-1-2-4/h3-6H,1-2H3;3-4H,1-2H2. The van der Waals surface area contributed by atoms with Crippen LogP contribution in [0.4, 0.5) is 0 Å². The zero-order valence-electron chi connectivity index (χ0n) is 9.25. The number of aliphatic hydroxyl groups excluding tert-OH is 2. The molecular weight excluding hydrogens is 232 g/mol. The zero-order valence-corrected chi connectivity index (χ0v) is 10.1. The lowest BCUT2D eigenvalue weighted by Gasteiger charge is -2.00. The number of hydrogen-bond acceptors (Lipinski definition) is 5. The van der Waals surface area contributed by atoms with Crippen LogP contribution in [0.1, 0.15) is 5.56 Å². The molecule has 1 aromatic carbocycles. The topological polar surface area (TPSA) is 83.8 Å². The summed E-state index contributed by atoms with van der Waals surface area (Å²) in [6, 6.07) is 6.50. The minimum absolute atomic E-state index is 0.125. The molecule has 0 spiro atoms. The van der Waals surface area contributed by atoms with Gasteiger partial charge in [0.05, 0.1) is 25.2 Å². The van der Waals surface area contributed by atoms with Crippen LogP contribution in [0.3, 0.4) is 0 Å². The molecule has 0 aromatic heterocycles. The second-order valence-corrected chi connectivity index (χ2v) is 4.59. The minimum Gasteiger partial charge on any atom is -0.394 e. The molecule has 0 unspecified atom stereocenters. The predicted molar refractivity (Wildman–Crippen MR) is 59.5 cm³/mol. The van der Waals surface area contributed by atoms with E-state index < -0.39 is 10.1 Å². The molecule has 0 radical (unpaired) electrons. The molecule has 1 aromatic rings. The number of rotatable bonds is 3. The van der Waals surface area contributed by atoms with Crippen LogP contribution in [-0.4, -0.2) is 39.0 Å². The van der Waals surface area contributed by atoms with Gasteiger partial charge >= 0.3 is 0 Å². The first kappa shape index (κ1) is 15.0. The highest BCUT2D eigenvalue weighted by Gasteiger charge is 2.10. The van der Waals surface area contributed by atoms with Gasteiger partial charge in [0, 0.05) is 0 Å². The Bertz CT molecular complexity index is 380. The SMILES string of the molecule is COS(=O)(=O)c1ccc(C)cc1.OCCO. The van der Waals surface area contributed by atoms with Gasteiger partial charge in [-0.15, -0.1) is 0 Å². The summed E-state index contributed by atoms with van der Waals surface area (Å²) < 4.78 is 26.5. The van der Waals surface area contributed by atoms with Crippen molar-refractivity contribution in [3.05, 3.63) is 29.8 Å². The van der Waals surface area contributed by atoms with Crippen molar-refractivity contribution in [2.75, 3.05) is 20.3 Å². The molecule has 92 valence electrons. The van der Waals surface area contributed by atoms with Gasteiger partial charge < -0.3 is 10.2 Å². The summed E-state index contributed by atoms with van der Waals surface area (Å²) >= 11 is 0. The monoisotopic (exact) mass is 248 g/mol. The number of aryl methyl sites for hydroxylation is 1. The third-order valence-corrected chi connectivity index (χ3v) is 2.92.